The summed E-state index contributed by atoms with van der Waals surface area (Å²) in [6.07, 6.45) is 13.6. The smallest absolute Gasteiger partial charge is 0.0298 e. The highest BCUT2D eigenvalue weighted by Crippen LogP contribution is 2.48. The van der Waals surface area contributed by atoms with E-state index in [0.717, 1.165) is 11.8 Å². The van der Waals surface area contributed by atoms with Crippen molar-refractivity contribution < 1.29 is 0 Å². The zero-order valence-corrected chi connectivity index (χ0v) is 10.0. The van der Waals surface area contributed by atoms with Crippen LogP contribution in [0.5, 0.6) is 0 Å². The second-order valence-electron chi connectivity index (χ2n) is 6.14. The summed E-state index contributed by atoms with van der Waals surface area (Å²) in [5.41, 5.74) is 0.650. The Morgan fingerprint density at radius 3 is 1.43 bits per heavy atom. The molecule has 2 fully saturated rings. The summed E-state index contributed by atoms with van der Waals surface area (Å²) in [7, 11) is 0. The van der Waals surface area contributed by atoms with Crippen molar-refractivity contribution in [3.63, 3.8) is 0 Å². The van der Waals surface area contributed by atoms with Crippen LogP contribution < -0.4 is 0 Å². The third kappa shape index (κ3) is 1.99. The Labute approximate surface area is 89.5 Å². The molecule has 0 atom stereocenters. The van der Waals surface area contributed by atoms with Crippen molar-refractivity contribution in [2.75, 3.05) is 0 Å². The van der Waals surface area contributed by atoms with Gasteiger partial charge in [-0.15, -0.1) is 0 Å². The summed E-state index contributed by atoms with van der Waals surface area (Å²) in [6, 6.07) is 0. The standard InChI is InChI=1S/C14H26/c1-14(2,13-10-6-7-11-13)12-8-4-3-5-9-12/h12-13H,3-11H2,1-2H3. The molecule has 0 amide bonds. The van der Waals surface area contributed by atoms with Crippen LogP contribution >= 0.6 is 0 Å². The second kappa shape index (κ2) is 4.24. The van der Waals surface area contributed by atoms with Crippen molar-refractivity contribution in [2.24, 2.45) is 17.3 Å². The molecule has 0 aromatic heterocycles. The molecule has 2 aliphatic rings. The fourth-order valence-electron chi connectivity index (χ4n) is 3.85. The minimum absolute atomic E-state index is 0.650. The molecule has 0 N–H and O–H groups in total. The van der Waals surface area contributed by atoms with Gasteiger partial charge in [0.2, 0.25) is 0 Å². The van der Waals surface area contributed by atoms with Crippen LogP contribution in [-0.4, -0.2) is 0 Å². The summed E-state index contributed by atoms with van der Waals surface area (Å²) in [5.74, 6) is 2.09. The molecular formula is C14H26. The van der Waals surface area contributed by atoms with Gasteiger partial charge in [0.25, 0.3) is 0 Å². The van der Waals surface area contributed by atoms with Gasteiger partial charge in [0.15, 0.2) is 0 Å². The van der Waals surface area contributed by atoms with Gasteiger partial charge in [0.1, 0.15) is 0 Å². The van der Waals surface area contributed by atoms with Crippen LogP contribution in [-0.2, 0) is 0 Å². The Morgan fingerprint density at radius 2 is 1.00 bits per heavy atom. The Morgan fingerprint density at radius 1 is 0.643 bits per heavy atom. The van der Waals surface area contributed by atoms with Crippen LogP contribution in [0.3, 0.4) is 0 Å². The van der Waals surface area contributed by atoms with Gasteiger partial charge in [-0.25, -0.2) is 0 Å². The maximum Gasteiger partial charge on any atom is -0.0298 e. The summed E-state index contributed by atoms with van der Waals surface area (Å²) in [5, 5.41) is 0. The molecule has 0 aromatic carbocycles. The van der Waals surface area contributed by atoms with Gasteiger partial charge in [-0.2, -0.15) is 0 Å². The van der Waals surface area contributed by atoms with Crippen molar-refractivity contribution in [2.45, 2.75) is 71.6 Å². The summed E-state index contributed by atoms with van der Waals surface area (Å²) >= 11 is 0. The SMILES string of the molecule is CC(C)(C1CCCCC1)C1CCCC1. The van der Waals surface area contributed by atoms with E-state index < -0.39 is 0 Å². The van der Waals surface area contributed by atoms with Crippen LogP contribution in [0.15, 0.2) is 0 Å². The van der Waals surface area contributed by atoms with Crippen LogP contribution in [0, 0.1) is 17.3 Å². The van der Waals surface area contributed by atoms with Crippen molar-refractivity contribution >= 4 is 0 Å². The van der Waals surface area contributed by atoms with Crippen molar-refractivity contribution in [1.29, 1.82) is 0 Å². The zero-order valence-electron chi connectivity index (χ0n) is 10.0. The Hall–Kier alpha value is 0. The van der Waals surface area contributed by atoms with E-state index in [-0.39, 0.29) is 0 Å². The van der Waals surface area contributed by atoms with Crippen LogP contribution in [0.2, 0.25) is 0 Å². The van der Waals surface area contributed by atoms with Gasteiger partial charge in [-0.05, 0) is 42.9 Å². The lowest BCUT2D eigenvalue weighted by atomic mass is 9.64. The quantitative estimate of drug-likeness (QED) is 0.593. The topological polar surface area (TPSA) is 0 Å². The van der Waals surface area contributed by atoms with Gasteiger partial charge in [0, 0.05) is 0 Å². The molecule has 82 valence electrons. The molecule has 0 saturated heterocycles. The molecule has 14 heavy (non-hydrogen) atoms. The maximum absolute atomic E-state index is 2.55. The average molecular weight is 194 g/mol. The molecule has 2 saturated carbocycles. The molecular weight excluding hydrogens is 168 g/mol. The highest BCUT2D eigenvalue weighted by Gasteiger charge is 2.38. The molecule has 0 radical (unpaired) electrons. The second-order valence-corrected chi connectivity index (χ2v) is 6.14. The first-order valence-electron chi connectivity index (χ1n) is 6.71. The molecule has 0 heteroatoms. The Kier molecular flexibility index (Phi) is 3.19. The summed E-state index contributed by atoms with van der Waals surface area (Å²) in [6.45, 7) is 5.11. The van der Waals surface area contributed by atoms with E-state index in [1.165, 1.54) is 57.8 Å². The molecule has 0 unspecified atom stereocenters. The number of rotatable bonds is 2. The average Bonchev–Trinajstić information content (AvgIpc) is 2.72. The molecule has 0 nitrogen and oxygen atoms in total. The maximum atomic E-state index is 2.55. The molecule has 0 aliphatic heterocycles. The fraction of sp³-hybridized carbons (Fsp3) is 1.00. The van der Waals surface area contributed by atoms with Crippen molar-refractivity contribution in [3.8, 4) is 0 Å². The summed E-state index contributed by atoms with van der Waals surface area (Å²) < 4.78 is 0. The lowest BCUT2D eigenvalue weighted by Gasteiger charge is -2.41. The molecule has 0 bridgehead atoms. The van der Waals surface area contributed by atoms with E-state index in [1.807, 2.05) is 0 Å². The van der Waals surface area contributed by atoms with Crippen molar-refractivity contribution in [1.82, 2.24) is 0 Å². The third-order valence-electron chi connectivity index (χ3n) is 5.06. The van der Waals surface area contributed by atoms with Crippen molar-refractivity contribution in [3.05, 3.63) is 0 Å². The molecule has 0 spiro atoms. The monoisotopic (exact) mass is 194 g/mol. The van der Waals surface area contributed by atoms with Gasteiger partial charge < -0.3 is 0 Å². The normalized spacial score (nSPS) is 27.0. The van der Waals surface area contributed by atoms with E-state index in [1.54, 1.807) is 0 Å². The predicted octanol–water partition coefficient (Wildman–Crippen LogP) is 4.78. The Bertz CT molecular complexity index is 168. The highest BCUT2D eigenvalue weighted by atomic mass is 14.4. The third-order valence-corrected chi connectivity index (χ3v) is 5.06. The molecule has 0 heterocycles. The largest absolute Gasteiger partial charge is 0.0594 e. The molecule has 2 aliphatic carbocycles. The first kappa shape index (κ1) is 10.5. The number of hydrogen-bond acceptors (Lipinski definition) is 0. The highest BCUT2D eigenvalue weighted by molar-refractivity contribution is 4.88. The lowest BCUT2D eigenvalue weighted by molar-refractivity contribution is 0.0856. The lowest BCUT2D eigenvalue weighted by Crippen LogP contribution is -2.32. The number of hydrogen-bond donors (Lipinski definition) is 0. The van der Waals surface area contributed by atoms with E-state index in [4.69, 9.17) is 0 Å². The van der Waals surface area contributed by atoms with Gasteiger partial charge in [-0.3, -0.25) is 0 Å². The van der Waals surface area contributed by atoms with Gasteiger partial charge in [-0.1, -0.05) is 46.0 Å². The van der Waals surface area contributed by atoms with E-state index in [0.29, 0.717) is 5.41 Å². The Balaban J connectivity index is 1.97. The fourth-order valence-corrected chi connectivity index (χ4v) is 3.85. The minimum atomic E-state index is 0.650. The summed E-state index contributed by atoms with van der Waals surface area (Å²) in [4.78, 5) is 0. The zero-order chi connectivity index (χ0) is 10.0. The van der Waals surface area contributed by atoms with Gasteiger partial charge >= 0.3 is 0 Å². The first-order valence-corrected chi connectivity index (χ1v) is 6.71. The molecule has 2 rings (SSSR count). The van der Waals surface area contributed by atoms with E-state index in [9.17, 15) is 0 Å². The first-order chi connectivity index (χ1) is 6.71. The minimum Gasteiger partial charge on any atom is -0.0594 e. The van der Waals surface area contributed by atoms with E-state index in [2.05, 4.69) is 13.8 Å². The van der Waals surface area contributed by atoms with Crippen LogP contribution in [0.1, 0.15) is 71.6 Å². The predicted molar refractivity (Wildman–Crippen MR) is 62.3 cm³/mol. The molecule has 0 aromatic rings. The van der Waals surface area contributed by atoms with Gasteiger partial charge in [0.05, 0.1) is 0 Å². The van der Waals surface area contributed by atoms with Crippen LogP contribution in [0.25, 0.3) is 0 Å². The van der Waals surface area contributed by atoms with E-state index >= 15 is 0 Å². The van der Waals surface area contributed by atoms with Crippen LogP contribution in [0.4, 0.5) is 0 Å².